The minimum Gasteiger partial charge on any atom is -0.507 e. The molecule has 186 valence electrons. The van der Waals surface area contributed by atoms with Gasteiger partial charge in [-0.2, -0.15) is 38.5 Å². The van der Waals surface area contributed by atoms with Gasteiger partial charge in [-0.1, -0.05) is 38.1 Å². The molecule has 2 aliphatic rings. The van der Waals surface area contributed by atoms with Crippen molar-refractivity contribution in [1.29, 1.82) is 0 Å². The van der Waals surface area contributed by atoms with Crippen LogP contribution in [0.1, 0.15) is 37.8 Å². The van der Waals surface area contributed by atoms with Crippen molar-refractivity contribution in [2.45, 2.75) is 39.0 Å². The van der Waals surface area contributed by atoms with Crippen LogP contribution in [0.5, 0.6) is 11.5 Å². The van der Waals surface area contributed by atoms with Crippen LogP contribution in [0.2, 0.25) is 0 Å². The van der Waals surface area contributed by atoms with E-state index in [1.165, 1.54) is 35.4 Å². The van der Waals surface area contributed by atoms with Gasteiger partial charge in [0.25, 0.3) is 0 Å². The van der Waals surface area contributed by atoms with E-state index in [4.69, 9.17) is 10.2 Å². The number of phenols is 2. The van der Waals surface area contributed by atoms with E-state index in [-0.39, 0.29) is 26.2 Å². The van der Waals surface area contributed by atoms with Crippen molar-refractivity contribution in [2.24, 2.45) is 0 Å². The van der Waals surface area contributed by atoms with Gasteiger partial charge in [-0.25, -0.2) is 23.3 Å². The molecule has 0 heterocycles. The van der Waals surface area contributed by atoms with Crippen LogP contribution in [0, 0.1) is 12.2 Å². The summed E-state index contributed by atoms with van der Waals surface area (Å²) in [5.41, 5.74) is 0.546. The predicted molar refractivity (Wildman–Crippen MR) is 119 cm³/mol. The average molecular weight is 574 g/mol. The quantitative estimate of drug-likeness (QED) is 0.246. The Hall–Kier alpha value is -2.54. The van der Waals surface area contributed by atoms with E-state index < -0.39 is 35.0 Å². The molecule has 0 unspecified atom stereocenters. The molecule has 9 heteroatoms. The summed E-state index contributed by atoms with van der Waals surface area (Å²) >= 11 is 0. The smallest absolute Gasteiger partial charge is 0.507 e. The molecule has 35 heavy (non-hydrogen) atoms. The van der Waals surface area contributed by atoms with E-state index in [1.807, 2.05) is 0 Å². The number of hydrogen-bond acceptors (Lipinski definition) is 2. The summed E-state index contributed by atoms with van der Waals surface area (Å²) in [6.07, 6.45) is 7.74. The minimum absolute atomic E-state index is 0. The number of para-hydroxylation sites is 2. The Morgan fingerprint density at radius 2 is 0.943 bits per heavy atom. The third-order valence-corrected chi connectivity index (χ3v) is 4.15. The number of rotatable bonds is 0. The van der Waals surface area contributed by atoms with Crippen LogP contribution in [0.3, 0.4) is 0 Å². The monoisotopic (exact) mass is 572 g/mol. The van der Waals surface area contributed by atoms with Crippen molar-refractivity contribution in [1.82, 2.24) is 0 Å². The molecular formula is C26H24F6O2Zr. The molecule has 0 fully saturated rings. The van der Waals surface area contributed by atoms with Crippen molar-refractivity contribution in [2.75, 3.05) is 0 Å². The Morgan fingerprint density at radius 3 is 1.09 bits per heavy atom. The first-order chi connectivity index (χ1) is 15.8. The Labute approximate surface area is 220 Å². The summed E-state index contributed by atoms with van der Waals surface area (Å²) in [6, 6.07) is 8.79. The van der Waals surface area contributed by atoms with Crippen molar-refractivity contribution in [3.8, 4) is 11.5 Å². The molecule has 2 N–H and O–H groups in total. The van der Waals surface area contributed by atoms with Crippen LogP contribution in [-0.4, -0.2) is 10.2 Å². The largest absolute Gasteiger partial charge is 2.00 e. The molecule has 2 aliphatic carbocycles. The fourth-order valence-corrected chi connectivity index (χ4v) is 2.46. The molecule has 2 aromatic carbocycles. The van der Waals surface area contributed by atoms with E-state index in [1.54, 1.807) is 0 Å². The van der Waals surface area contributed by atoms with Crippen LogP contribution < -0.4 is 0 Å². The average Bonchev–Trinajstić information content (AvgIpc) is 3.42. The first kappa shape index (κ1) is 32.5. The summed E-state index contributed by atoms with van der Waals surface area (Å²) in [5, 5.41) is 17.5. The Kier molecular flexibility index (Phi) is 14.3. The maximum Gasteiger partial charge on any atom is 2.00 e. The molecule has 0 radical (unpaired) electrons. The molecule has 2 aromatic rings. The van der Waals surface area contributed by atoms with E-state index >= 15 is 0 Å². The maximum atomic E-state index is 11.9. The number of halogens is 6. The molecule has 0 bridgehead atoms. The second-order valence-corrected chi connectivity index (χ2v) is 6.96. The molecule has 2 nitrogen and oxygen atoms in total. The van der Waals surface area contributed by atoms with Gasteiger partial charge in [0.15, 0.2) is 0 Å². The van der Waals surface area contributed by atoms with Gasteiger partial charge in [0.05, 0.1) is 11.1 Å². The molecule has 0 atom stereocenters. The molecule has 0 aliphatic heterocycles. The van der Waals surface area contributed by atoms with Gasteiger partial charge in [0.2, 0.25) is 0 Å². The second-order valence-electron chi connectivity index (χ2n) is 6.96. The minimum atomic E-state index is -4.47. The molecule has 0 saturated heterocycles. The normalized spacial score (nSPS) is 13.6. The zero-order valence-electron chi connectivity index (χ0n) is 19.0. The second kappa shape index (κ2) is 15.5. The zero-order chi connectivity index (χ0) is 25.8. The first-order valence-electron chi connectivity index (χ1n) is 10.0. The van der Waals surface area contributed by atoms with Crippen molar-refractivity contribution in [3.63, 3.8) is 0 Å². The summed E-state index contributed by atoms with van der Waals surface area (Å²) in [6.45, 7) is 4.12. The van der Waals surface area contributed by atoms with E-state index in [2.05, 4.69) is 50.3 Å². The molecule has 4 rings (SSSR count). The number of phenolic OH excluding ortho intramolecular Hbond substituents is 2. The van der Waals surface area contributed by atoms with Gasteiger partial charge in [0.1, 0.15) is 11.5 Å². The molecule has 0 aromatic heterocycles. The third-order valence-electron chi connectivity index (χ3n) is 4.15. The van der Waals surface area contributed by atoms with Crippen molar-refractivity contribution < 1.29 is 62.8 Å². The van der Waals surface area contributed by atoms with Crippen molar-refractivity contribution in [3.05, 3.63) is 107 Å². The summed E-state index contributed by atoms with van der Waals surface area (Å²) in [7, 11) is 0. The zero-order valence-corrected chi connectivity index (χ0v) is 21.5. The van der Waals surface area contributed by atoms with E-state index in [9.17, 15) is 26.3 Å². The fourth-order valence-electron chi connectivity index (χ4n) is 2.46. The van der Waals surface area contributed by atoms with Crippen LogP contribution in [0.4, 0.5) is 26.3 Å². The predicted octanol–water partition coefficient (Wildman–Crippen LogP) is 8.21. The number of hydrogen-bond donors (Lipinski definition) is 2. The topological polar surface area (TPSA) is 40.5 Å². The molecule has 0 spiro atoms. The Balaban J connectivity index is 0.000000452. The van der Waals surface area contributed by atoms with E-state index in [0.717, 1.165) is 37.1 Å². The van der Waals surface area contributed by atoms with E-state index in [0.29, 0.717) is 0 Å². The van der Waals surface area contributed by atoms with Crippen LogP contribution in [0.15, 0.2) is 84.0 Å². The summed E-state index contributed by atoms with van der Waals surface area (Å²) in [4.78, 5) is 0. The standard InChI is InChI=1S/2C7H5F3O.2C6H7.Zr/c2*8-7(9,10)5-3-1-2-4-6(5)11;2*1-6-4-2-3-5-6;/h2*1-4,11H;2*2,4H,3H2,1H3;/q;;2*-1;+2. The molecule has 0 saturated carbocycles. The van der Waals surface area contributed by atoms with Gasteiger partial charge in [-0.05, 0) is 24.3 Å². The van der Waals surface area contributed by atoms with Crippen LogP contribution in [-0.2, 0) is 38.6 Å². The Morgan fingerprint density at radius 1 is 0.629 bits per heavy atom. The SMILES string of the molecule is CC1=[C-]CC=C1.CC1=[C-]CC=C1.Oc1ccccc1C(F)(F)F.Oc1ccccc1C(F)(F)F.[Zr+2]. The summed E-state index contributed by atoms with van der Waals surface area (Å²) < 4.78 is 71.3. The maximum absolute atomic E-state index is 11.9. The van der Waals surface area contributed by atoms with Gasteiger partial charge in [0, 0.05) is 0 Å². The fraction of sp³-hybridized carbons (Fsp3) is 0.231. The van der Waals surface area contributed by atoms with Gasteiger partial charge in [-0.15, -0.1) is 12.8 Å². The molecular weight excluding hydrogens is 549 g/mol. The number of aromatic hydroxyl groups is 2. The van der Waals surface area contributed by atoms with Gasteiger partial charge in [-0.3, -0.25) is 12.2 Å². The first-order valence-corrected chi connectivity index (χ1v) is 10.0. The number of allylic oxidation sites excluding steroid dienone is 8. The van der Waals surface area contributed by atoms with Gasteiger partial charge < -0.3 is 10.2 Å². The third kappa shape index (κ3) is 13.2. The summed E-state index contributed by atoms with van der Waals surface area (Å²) in [5.74, 6) is -1.47. The van der Waals surface area contributed by atoms with Crippen molar-refractivity contribution >= 4 is 0 Å². The van der Waals surface area contributed by atoms with Crippen LogP contribution in [0.25, 0.3) is 0 Å². The Bertz CT molecular complexity index is 946. The van der Waals surface area contributed by atoms with Gasteiger partial charge >= 0.3 is 38.6 Å². The number of benzene rings is 2. The van der Waals surface area contributed by atoms with Crippen LogP contribution >= 0.6 is 0 Å². The molecule has 0 amide bonds. The number of alkyl halides is 6.